The van der Waals surface area contributed by atoms with Crippen LogP contribution in [0.3, 0.4) is 0 Å². The maximum absolute atomic E-state index is 5.83. The zero-order valence-electron chi connectivity index (χ0n) is 11.4. The Bertz CT molecular complexity index is 379. The zero-order chi connectivity index (χ0) is 13.0. The molecule has 0 amide bonds. The molecule has 1 aliphatic heterocycles. The summed E-state index contributed by atoms with van der Waals surface area (Å²) in [5.41, 5.74) is 4.28. The van der Waals surface area contributed by atoms with Crippen molar-refractivity contribution in [3.05, 3.63) is 29.8 Å². The van der Waals surface area contributed by atoms with E-state index < -0.39 is 0 Å². The molecule has 3 N–H and O–H groups in total. The summed E-state index contributed by atoms with van der Waals surface area (Å²) in [5, 5.41) is 0. The normalized spacial score (nSPS) is 20.3. The molecule has 3 heteroatoms. The van der Waals surface area contributed by atoms with Gasteiger partial charge in [0.2, 0.25) is 0 Å². The summed E-state index contributed by atoms with van der Waals surface area (Å²) >= 11 is 0. The van der Waals surface area contributed by atoms with Crippen molar-refractivity contribution in [2.24, 2.45) is 17.7 Å². The second kappa shape index (κ2) is 6.21. The van der Waals surface area contributed by atoms with Gasteiger partial charge < -0.3 is 4.74 Å². The van der Waals surface area contributed by atoms with Crippen LogP contribution in [0.1, 0.15) is 32.3 Å². The van der Waals surface area contributed by atoms with Crippen LogP contribution < -0.4 is 16.0 Å². The van der Waals surface area contributed by atoms with Crippen molar-refractivity contribution >= 4 is 0 Å². The molecule has 3 nitrogen and oxygen atoms in total. The molecule has 2 unspecified atom stereocenters. The average Bonchev–Trinajstić information content (AvgIpc) is 2.39. The minimum Gasteiger partial charge on any atom is -0.493 e. The fourth-order valence-corrected chi connectivity index (χ4v) is 2.58. The lowest BCUT2D eigenvalue weighted by atomic mass is 9.87. The number of benzene rings is 1. The van der Waals surface area contributed by atoms with Crippen LogP contribution in [0.5, 0.6) is 5.75 Å². The molecular weight excluding hydrogens is 224 g/mol. The molecule has 0 aliphatic carbocycles. The molecule has 0 radical (unpaired) electrons. The van der Waals surface area contributed by atoms with E-state index in [0.717, 1.165) is 31.1 Å². The van der Waals surface area contributed by atoms with Crippen LogP contribution in [-0.2, 0) is 6.42 Å². The third-order valence-corrected chi connectivity index (χ3v) is 3.75. The lowest BCUT2D eigenvalue weighted by Crippen LogP contribution is -2.45. The average molecular weight is 248 g/mol. The molecule has 1 aromatic rings. The summed E-state index contributed by atoms with van der Waals surface area (Å²) in [6, 6.07) is 8.64. The molecule has 100 valence electrons. The number of hydrogen-bond donors (Lipinski definition) is 2. The molecule has 0 aromatic heterocycles. The quantitative estimate of drug-likeness (QED) is 0.622. The van der Waals surface area contributed by atoms with E-state index in [1.807, 2.05) is 12.1 Å². The van der Waals surface area contributed by atoms with Gasteiger partial charge in [0.15, 0.2) is 0 Å². The van der Waals surface area contributed by atoms with Gasteiger partial charge in [-0.05, 0) is 36.8 Å². The Kier molecular flexibility index (Phi) is 4.61. The minimum absolute atomic E-state index is 0.348. The predicted octanol–water partition coefficient (Wildman–Crippen LogP) is 2.51. The van der Waals surface area contributed by atoms with Crippen LogP contribution in [0.15, 0.2) is 24.3 Å². The lowest BCUT2D eigenvalue weighted by Gasteiger charge is -2.31. The SMILES string of the molecule is CC(C)CCC(NN)C1COc2ccccc2C1. The van der Waals surface area contributed by atoms with Crippen molar-refractivity contribution < 1.29 is 4.74 Å². The largest absolute Gasteiger partial charge is 0.493 e. The van der Waals surface area contributed by atoms with E-state index in [0.29, 0.717) is 12.0 Å². The molecule has 0 saturated carbocycles. The van der Waals surface area contributed by atoms with E-state index in [2.05, 4.69) is 31.4 Å². The molecular formula is C15H24N2O. The number of hydrazine groups is 1. The number of fused-ring (bicyclic) bond motifs is 1. The van der Waals surface area contributed by atoms with Crippen molar-refractivity contribution in [2.75, 3.05) is 6.61 Å². The van der Waals surface area contributed by atoms with Gasteiger partial charge in [0, 0.05) is 12.0 Å². The van der Waals surface area contributed by atoms with Gasteiger partial charge in [0.05, 0.1) is 6.61 Å². The highest BCUT2D eigenvalue weighted by Crippen LogP contribution is 2.29. The summed E-state index contributed by atoms with van der Waals surface area (Å²) in [6.45, 7) is 5.27. The van der Waals surface area contributed by atoms with Gasteiger partial charge in [-0.15, -0.1) is 0 Å². The number of nitrogens with two attached hydrogens (primary N) is 1. The van der Waals surface area contributed by atoms with Crippen LogP contribution in [0.4, 0.5) is 0 Å². The monoisotopic (exact) mass is 248 g/mol. The molecule has 0 spiro atoms. The van der Waals surface area contributed by atoms with Gasteiger partial charge in [-0.1, -0.05) is 32.0 Å². The molecule has 1 aliphatic rings. The fraction of sp³-hybridized carbons (Fsp3) is 0.600. The third kappa shape index (κ3) is 3.24. The zero-order valence-corrected chi connectivity index (χ0v) is 11.4. The van der Waals surface area contributed by atoms with Crippen LogP contribution in [0.2, 0.25) is 0 Å². The molecule has 0 saturated heterocycles. The Balaban J connectivity index is 1.98. The minimum atomic E-state index is 0.348. The van der Waals surface area contributed by atoms with E-state index in [4.69, 9.17) is 10.6 Å². The van der Waals surface area contributed by atoms with Gasteiger partial charge >= 0.3 is 0 Å². The third-order valence-electron chi connectivity index (χ3n) is 3.75. The van der Waals surface area contributed by atoms with E-state index in [-0.39, 0.29) is 0 Å². The summed E-state index contributed by atoms with van der Waals surface area (Å²) in [7, 11) is 0. The standard InChI is InChI=1S/C15H24N2O/c1-11(2)7-8-14(17-16)13-9-12-5-3-4-6-15(12)18-10-13/h3-6,11,13-14,17H,7-10,16H2,1-2H3. The van der Waals surface area contributed by atoms with Crippen LogP contribution in [-0.4, -0.2) is 12.6 Å². The Morgan fingerprint density at radius 2 is 2.11 bits per heavy atom. The van der Waals surface area contributed by atoms with E-state index in [9.17, 15) is 0 Å². The maximum atomic E-state index is 5.83. The van der Waals surface area contributed by atoms with E-state index in [1.54, 1.807) is 0 Å². The molecule has 0 fully saturated rings. The highest BCUT2D eigenvalue weighted by molar-refractivity contribution is 5.35. The highest BCUT2D eigenvalue weighted by Gasteiger charge is 2.26. The second-order valence-corrected chi connectivity index (χ2v) is 5.63. The van der Waals surface area contributed by atoms with Crippen molar-refractivity contribution in [3.63, 3.8) is 0 Å². The number of hydrogen-bond acceptors (Lipinski definition) is 3. The molecule has 1 aromatic carbocycles. The first-order valence-corrected chi connectivity index (χ1v) is 6.87. The highest BCUT2D eigenvalue weighted by atomic mass is 16.5. The molecule has 2 atom stereocenters. The van der Waals surface area contributed by atoms with E-state index >= 15 is 0 Å². The van der Waals surface area contributed by atoms with Crippen LogP contribution in [0, 0.1) is 11.8 Å². The second-order valence-electron chi connectivity index (χ2n) is 5.63. The van der Waals surface area contributed by atoms with Gasteiger partial charge in [-0.25, -0.2) is 0 Å². The summed E-state index contributed by atoms with van der Waals surface area (Å²) in [6.07, 6.45) is 3.38. The Hall–Kier alpha value is -1.06. The smallest absolute Gasteiger partial charge is 0.122 e. The number of nitrogens with one attached hydrogen (secondary N) is 1. The molecule has 2 rings (SSSR count). The van der Waals surface area contributed by atoms with Crippen molar-refractivity contribution in [1.82, 2.24) is 5.43 Å². The summed E-state index contributed by atoms with van der Waals surface area (Å²) in [5.74, 6) is 7.94. The first-order chi connectivity index (χ1) is 8.70. The summed E-state index contributed by atoms with van der Waals surface area (Å²) in [4.78, 5) is 0. The van der Waals surface area contributed by atoms with E-state index in [1.165, 1.54) is 12.0 Å². The van der Waals surface area contributed by atoms with Crippen molar-refractivity contribution in [2.45, 2.75) is 39.2 Å². The van der Waals surface area contributed by atoms with Gasteiger partial charge in [0.25, 0.3) is 0 Å². The van der Waals surface area contributed by atoms with Gasteiger partial charge in [-0.2, -0.15) is 0 Å². The van der Waals surface area contributed by atoms with Crippen molar-refractivity contribution in [1.29, 1.82) is 0 Å². The van der Waals surface area contributed by atoms with Crippen LogP contribution in [0.25, 0.3) is 0 Å². The number of para-hydroxylation sites is 1. The fourth-order valence-electron chi connectivity index (χ4n) is 2.58. The predicted molar refractivity (Wildman–Crippen MR) is 74.3 cm³/mol. The maximum Gasteiger partial charge on any atom is 0.122 e. The first-order valence-electron chi connectivity index (χ1n) is 6.87. The molecule has 0 bridgehead atoms. The number of rotatable bonds is 5. The van der Waals surface area contributed by atoms with Crippen molar-refractivity contribution in [3.8, 4) is 5.75 Å². The molecule has 1 heterocycles. The Labute approximate surface area is 110 Å². The van der Waals surface area contributed by atoms with Crippen LogP contribution >= 0.6 is 0 Å². The lowest BCUT2D eigenvalue weighted by molar-refractivity contribution is 0.176. The van der Waals surface area contributed by atoms with Gasteiger partial charge in [-0.3, -0.25) is 11.3 Å². The summed E-state index contributed by atoms with van der Waals surface area (Å²) < 4.78 is 5.83. The number of ether oxygens (including phenoxy) is 1. The Morgan fingerprint density at radius 1 is 1.33 bits per heavy atom. The topological polar surface area (TPSA) is 47.3 Å². The first kappa shape index (κ1) is 13.4. The Morgan fingerprint density at radius 3 is 2.83 bits per heavy atom. The van der Waals surface area contributed by atoms with Gasteiger partial charge in [0.1, 0.15) is 5.75 Å². The molecule has 18 heavy (non-hydrogen) atoms.